The van der Waals surface area contributed by atoms with Crippen LogP contribution in [0.15, 0.2) is 66.2 Å². The van der Waals surface area contributed by atoms with Crippen molar-refractivity contribution in [3.63, 3.8) is 0 Å². The maximum absolute atomic E-state index is 12.8. The molecule has 158 valence electrons. The van der Waals surface area contributed by atoms with Crippen molar-refractivity contribution in [1.82, 2.24) is 4.90 Å². The normalized spacial score (nSPS) is 20.3. The fraction of sp³-hybridized carbons (Fsp3) is 0.400. The van der Waals surface area contributed by atoms with E-state index >= 15 is 0 Å². The molecule has 0 spiro atoms. The van der Waals surface area contributed by atoms with Crippen LogP contribution in [0.4, 0.5) is 4.79 Å². The molecular formula is C25H29NO4. The van der Waals surface area contributed by atoms with Crippen molar-refractivity contribution in [2.75, 3.05) is 13.7 Å². The zero-order valence-electron chi connectivity index (χ0n) is 17.5. The van der Waals surface area contributed by atoms with E-state index in [9.17, 15) is 4.79 Å². The molecule has 0 N–H and O–H groups in total. The van der Waals surface area contributed by atoms with Crippen LogP contribution in [-0.4, -0.2) is 36.8 Å². The number of hydrogen-bond donors (Lipinski definition) is 0. The number of piperidine rings is 1. The number of ether oxygens (including phenoxy) is 3. The molecule has 0 aliphatic carbocycles. The Morgan fingerprint density at radius 3 is 2.70 bits per heavy atom. The summed E-state index contributed by atoms with van der Waals surface area (Å²) in [5.41, 5.74) is 2.39. The summed E-state index contributed by atoms with van der Waals surface area (Å²) in [6, 6.07) is 17.9. The van der Waals surface area contributed by atoms with Crippen LogP contribution in [0, 0.1) is 0 Å². The van der Waals surface area contributed by atoms with Crippen molar-refractivity contribution in [3.8, 4) is 11.5 Å². The SMILES string of the molecule is COc1cccc(OCCC2=CC3CCCC(C2)N3C(=O)OCc2ccccc2)c1. The van der Waals surface area contributed by atoms with Crippen LogP contribution in [0.2, 0.25) is 0 Å². The van der Waals surface area contributed by atoms with Crippen LogP contribution in [0.1, 0.15) is 37.7 Å². The quantitative estimate of drug-likeness (QED) is 0.580. The second kappa shape index (κ2) is 9.70. The Morgan fingerprint density at radius 2 is 1.90 bits per heavy atom. The first kappa shape index (κ1) is 20.3. The Kier molecular flexibility index (Phi) is 6.57. The molecule has 2 aromatic rings. The van der Waals surface area contributed by atoms with Gasteiger partial charge in [0.05, 0.1) is 19.8 Å². The molecular weight excluding hydrogens is 378 g/mol. The average Bonchev–Trinajstić information content (AvgIpc) is 2.78. The second-order valence-corrected chi connectivity index (χ2v) is 7.91. The zero-order chi connectivity index (χ0) is 20.8. The van der Waals surface area contributed by atoms with Gasteiger partial charge in [0, 0.05) is 18.5 Å². The van der Waals surface area contributed by atoms with Gasteiger partial charge in [0.25, 0.3) is 0 Å². The average molecular weight is 408 g/mol. The molecule has 2 heterocycles. The maximum Gasteiger partial charge on any atom is 0.410 e. The number of methoxy groups -OCH3 is 1. The van der Waals surface area contributed by atoms with E-state index in [1.54, 1.807) is 7.11 Å². The maximum atomic E-state index is 12.8. The van der Waals surface area contributed by atoms with Crippen molar-refractivity contribution in [1.29, 1.82) is 0 Å². The van der Waals surface area contributed by atoms with Crippen molar-refractivity contribution in [2.45, 2.75) is 50.8 Å². The van der Waals surface area contributed by atoms with Crippen LogP contribution >= 0.6 is 0 Å². The highest BCUT2D eigenvalue weighted by atomic mass is 16.6. The third-order valence-electron chi connectivity index (χ3n) is 5.86. The Labute approximate surface area is 178 Å². The van der Waals surface area contributed by atoms with Crippen LogP contribution in [0.5, 0.6) is 11.5 Å². The van der Waals surface area contributed by atoms with E-state index in [0.29, 0.717) is 13.2 Å². The fourth-order valence-corrected chi connectivity index (χ4v) is 4.37. The highest BCUT2D eigenvalue weighted by Gasteiger charge is 2.37. The standard InChI is InChI=1S/C25H29NO4/c1-28-23-11-6-12-24(17-23)29-14-13-20-15-21-9-5-10-22(16-20)26(21)25(27)30-18-19-7-3-2-4-8-19/h2-4,6-8,11-12,15,17,21-22H,5,9-10,13-14,16,18H2,1H3. The predicted molar refractivity (Wildman–Crippen MR) is 116 cm³/mol. The number of fused-ring (bicyclic) bond motifs is 2. The molecule has 0 aromatic heterocycles. The molecule has 2 bridgehead atoms. The predicted octanol–water partition coefficient (Wildman–Crippen LogP) is 5.35. The first-order valence-corrected chi connectivity index (χ1v) is 10.7. The molecule has 2 aliphatic rings. The van der Waals surface area contributed by atoms with Gasteiger partial charge >= 0.3 is 6.09 Å². The van der Waals surface area contributed by atoms with Crippen LogP contribution in [0.25, 0.3) is 0 Å². The summed E-state index contributed by atoms with van der Waals surface area (Å²) in [7, 11) is 1.65. The van der Waals surface area contributed by atoms with E-state index < -0.39 is 0 Å². The summed E-state index contributed by atoms with van der Waals surface area (Å²) in [6.45, 7) is 0.942. The minimum atomic E-state index is -0.198. The van der Waals surface area contributed by atoms with Gasteiger partial charge in [0.15, 0.2) is 0 Å². The monoisotopic (exact) mass is 407 g/mol. The van der Waals surface area contributed by atoms with Crippen molar-refractivity contribution < 1.29 is 19.0 Å². The summed E-state index contributed by atoms with van der Waals surface area (Å²) >= 11 is 0. The summed E-state index contributed by atoms with van der Waals surface area (Å²) in [6.07, 6.45) is 7.02. The van der Waals surface area contributed by atoms with Crippen molar-refractivity contribution >= 4 is 6.09 Å². The lowest BCUT2D eigenvalue weighted by molar-refractivity contribution is 0.0477. The number of amides is 1. The lowest BCUT2D eigenvalue weighted by Gasteiger charge is -2.44. The Balaban J connectivity index is 1.32. The van der Waals surface area contributed by atoms with E-state index in [4.69, 9.17) is 14.2 Å². The number of hydrogen-bond acceptors (Lipinski definition) is 4. The van der Waals surface area contributed by atoms with Crippen LogP contribution in [-0.2, 0) is 11.3 Å². The second-order valence-electron chi connectivity index (χ2n) is 7.91. The summed E-state index contributed by atoms with van der Waals surface area (Å²) in [5, 5.41) is 0. The zero-order valence-corrected chi connectivity index (χ0v) is 17.5. The number of carbonyl (C=O) groups is 1. The van der Waals surface area contributed by atoms with Crippen molar-refractivity contribution in [2.24, 2.45) is 0 Å². The smallest absolute Gasteiger partial charge is 0.410 e. The molecule has 1 saturated heterocycles. The molecule has 1 fully saturated rings. The summed E-state index contributed by atoms with van der Waals surface area (Å²) in [4.78, 5) is 14.7. The molecule has 2 aromatic carbocycles. The molecule has 5 nitrogen and oxygen atoms in total. The van der Waals surface area contributed by atoms with E-state index in [0.717, 1.165) is 49.2 Å². The van der Waals surface area contributed by atoms with E-state index in [1.807, 2.05) is 59.5 Å². The van der Waals surface area contributed by atoms with E-state index in [1.165, 1.54) is 5.57 Å². The molecule has 1 amide bonds. The Morgan fingerprint density at radius 1 is 1.07 bits per heavy atom. The van der Waals surface area contributed by atoms with Gasteiger partial charge in [-0.15, -0.1) is 0 Å². The lowest BCUT2D eigenvalue weighted by atomic mass is 9.84. The van der Waals surface area contributed by atoms with Gasteiger partial charge in [-0.2, -0.15) is 0 Å². The topological polar surface area (TPSA) is 48.0 Å². The Hall–Kier alpha value is -2.95. The molecule has 4 rings (SSSR count). The van der Waals surface area contributed by atoms with Crippen LogP contribution < -0.4 is 9.47 Å². The number of benzene rings is 2. The minimum Gasteiger partial charge on any atom is -0.497 e. The highest BCUT2D eigenvalue weighted by Crippen LogP contribution is 2.35. The number of nitrogens with zero attached hydrogens (tertiary/aromatic N) is 1. The number of rotatable bonds is 7. The summed E-state index contributed by atoms with van der Waals surface area (Å²) in [5.74, 6) is 1.61. The minimum absolute atomic E-state index is 0.132. The molecule has 0 saturated carbocycles. The fourth-order valence-electron chi connectivity index (χ4n) is 4.37. The summed E-state index contributed by atoms with van der Waals surface area (Å²) < 4.78 is 16.8. The lowest BCUT2D eigenvalue weighted by Crippen LogP contribution is -2.51. The molecule has 30 heavy (non-hydrogen) atoms. The molecule has 0 radical (unpaired) electrons. The third-order valence-corrected chi connectivity index (χ3v) is 5.86. The molecule has 2 atom stereocenters. The first-order chi connectivity index (χ1) is 14.7. The number of carbonyl (C=O) groups excluding carboxylic acids is 1. The van der Waals surface area contributed by atoms with Gasteiger partial charge in [-0.1, -0.05) is 48.0 Å². The molecule has 2 unspecified atom stereocenters. The Bertz CT molecular complexity index is 880. The van der Waals surface area contributed by atoms with E-state index in [-0.39, 0.29) is 18.2 Å². The highest BCUT2D eigenvalue weighted by molar-refractivity contribution is 5.69. The van der Waals surface area contributed by atoms with Gasteiger partial charge in [-0.05, 0) is 43.4 Å². The molecule has 5 heteroatoms. The molecule has 2 aliphatic heterocycles. The van der Waals surface area contributed by atoms with Gasteiger partial charge in [0.2, 0.25) is 0 Å². The third kappa shape index (κ3) is 4.96. The van der Waals surface area contributed by atoms with Crippen LogP contribution in [0.3, 0.4) is 0 Å². The van der Waals surface area contributed by atoms with Gasteiger partial charge < -0.3 is 14.2 Å². The van der Waals surface area contributed by atoms with Crippen molar-refractivity contribution in [3.05, 3.63) is 71.8 Å². The largest absolute Gasteiger partial charge is 0.497 e. The van der Waals surface area contributed by atoms with Gasteiger partial charge in [0.1, 0.15) is 18.1 Å². The first-order valence-electron chi connectivity index (χ1n) is 10.7. The van der Waals surface area contributed by atoms with Gasteiger partial charge in [-0.3, -0.25) is 4.90 Å². The van der Waals surface area contributed by atoms with Gasteiger partial charge in [-0.25, -0.2) is 4.79 Å². The van der Waals surface area contributed by atoms with E-state index in [2.05, 4.69) is 6.08 Å².